The molecule has 3 aromatic rings. The molecule has 6 heteroatoms. The van der Waals surface area contributed by atoms with Crippen LogP contribution in [0.25, 0.3) is 10.2 Å². The Balaban J connectivity index is 1.93. The zero-order valence-electron chi connectivity index (χ0n) is 14.4. The number of nitrogens with zero attached hydrogens (tertiary/aromatic N) is 2. The number of benzene rings is 2. The molecule has 25 heavy (non-hydrogen) atoms. The van der Waals surface area contributed by atoms with E-state index in [2.05, 4.69) is 4.99 Å². The first-order valence-corrected chi connectivity index (χ1v) is 9.21. The molecule has 0 saturated carbocycles. The third-order valence-electron chi connectivity index (χ3n) is 4.00. The smallest absolute Gasteiger partial charge is 0.252 e. The van der Waals surface area contributed by atoms with Gasteiger partial charge < -0.3 is 9.30 Å². The highest BCUT2D eigenvalue weighted by Crippen LogP contribution is 2.22. The number of rotatable bonds is 4. The first kappa shape index (κ1) is 17.7. The monoisotopic (exact) mass is 374 g/mol. The van der Waals surface area contributed by atoms with Crippen LogP contribution in [0.15, 0.2) is 41.4 Å². The zero-order valence-corrected chi connectivity index (χ0v) is 15.9. The Bertz CT molecular complexity index is 1000. The van der Waals surface area contributed by atoms with Crippen LogP contribution in [-0.2, 0) is 17.8 Å². The summed E-state index contributed by atoms with van der Waals surface area (Å²) in [6.45, 7) is 4.75. The highest BCUT2D eigenvalue weighted by molar-refractivity contribution is 7.16. The lowest BCUT2D eigenvalue weighted by atomic mass is 10.1. The lowest BCUT2D eigenvalue weighted by Crippen LogP contribution is -2.16. The van der Waals surface area contributed by atoms with Crippen molar-refractivity contribution >= 4 is 39.1 Å². The standard InChI is InChI=1S/C19H19ClN2O2S/c1-4-22-15-7-6-14(20)11-17(15)25-19(22)21-18(23)10-13-5-8-16(24-3)12(2)9-13/h5-9,11H,4,10H2,1-3H3. The van der Waals surface area contributed by atoms with Gasteiger partial charge in [0.2, 0.25) is 0 Å². The van der Waals surface area contributed by atoms with E-state index in [1.807, 2.05) is 54.8 Å². The second-order valence-electron chi connectivity index (χ2n) is 5.73. The summed E-state index contributed by atoms with van der Waals surface area (Å²) in [5.41, 5.74) is 2.98. The highest BCUT2D eigenvalue weighted by Gasteiger charge is 2.09. The molecule has 0 aliphatic carbocycles. The van der Waals surface area contributed by atoms with Crippen LogP contribution >= 0.6 is 22.9 Å². The van der Waals surface area contributed by atoms with Crippen molar-refractivity contribution in [2.45, 2.75) is 26.8 Å². The van der Waals surface area contributed by atoms with Crippen LogP contribution in [0.2, 0.25) is 5.02 Å². The Labute approximate surface area is 155 Å². The van der Waals surface area contributed by atoms with Crippen molar-refractivity contribution in [1.82, 2.24) is 4.57 Å². The molecule has 0 N–H and O–H groups in total. The minimum Gasteiger partial charge on any atom is -0.496 e. The molecule has 0 aliphatic rings. The SMILES string of the molecule is CCn1c(=NC(=O)Cc2ccc(OC)c(C)c2)sc2cc(Cl)ccc21. The van der Waals surface area contributed by atoms with E-state index in [0.717, 1.165) is 33.6 Å². The third-order valence-corrected chi connectivity index (χ3v) is 5.27. The number of methoxy groups -OCH3 is 1. The first-order valence-electron chi connectivity index (χ1n) is 8.01. The normalized spacial score (nSPS) is 11.9. The topological polar surface area (TPSA) is 43.6 Å². The van der Waals surface area contributed by atoms with Crippen molar-refractivity contribution in [1.29, 1.82) is 0 Å². The van der Waals surface area contributed by atoms with Crippen LogP contribution in [0.3, 0.4) is 0 Å². The fourth-order valence-electron chi connectivity index (χ4n) is 2.81. The maximum Gasteiger partial charge on any atom is 0.252 e. The number of ether oxygens (including phenoxy) is 1. The Morgan fingerprint density at radius 2 is 2.08 bits per heavy atom. The Morgan fingerprint density at radius 3 is 2.76 bits per heavy atom. The fraction of sp³-hybridized carbons (Fsp3) is 0.263. The molecule has 1 heterocycles. The van der Waals surface area contributed by atoms with Crippen molar-refractivity contribution in [2.24, 2.45) is 4.99 Å². The van der Waals surface area contributed by atoms with Gasteiger partial charge in [-0.1, -0.05) is 35.1 Å². The van der Waals surface area contributed by atoms with Crippen molar-refractivity contribution in [2.75, 3.05) is 7.11 Å². The van der Waals surface area contributed by atoms with Gasteiger partial charge in [-0.05, 0) is 49.2 Å². The largest absolute Gasteiger partial charge is 0.496 e. The predicted octanol–water partition coefficient (Wildman–Crippen LogP) is 4.36. The van der Waals surface area contributed by atoms with E-state index in [1.54, 1.807) is 7.11 Å². The predicted molar refractivity (Wildman–Crippen MR) is 103 cm³/mol. The van der Waals surface area contributed by atoms with Gasteiger partial charge in [0.15, 0.2) is 4.80 Å². The number of carbonyl (C=O) groups is 1. The molecule has 0 bridgehead atoms. The van der Waals surface area contributed by atoms with E-state index < -0.39 is 0 Å². The first-order chi connectivity index (χ1) is 12.0. The van der Waals surface area contributed by atoms with E-state index in [9.17, 15) is 4.79 Å². The van der Waals surface area contributed by atoms with Crippen molar-refractivity contribution in [3.8, 4) is 5.75 Å². The second kappa shape index (κ2) is 7.42. The van der Waals surface area contributed by atoms with Gasteiger partial charge in [-0.25, -0.2) is 0 Å². The van der Waals surface area contributed by atoms with E-state index in [-0.39, 0.29) is 12.3 Å². The molecule has 0 unspecified atom stereocenters. The summed E-state index contributed by atoms with van der Waals surface area (Å²) in [6.07, 6.45) is 0.267. The van der Waals surface area contributed by atoms with E-state index >= 15 is 0 Å². The van der Waals surface area contributed by atoms with Crippen LogP contribution < -0.4 is 9.54 Å². The van der Waals surface area contributed by atoms with Crippen LogP contribution in [0, 0.1) is 6.92 Å². The molecule has 0 fully saturated rings. The number of amides is 1. The van der Waals surface area contributed by atoms with Crippen molar-refractivity contribution < 1.29 is 9.53 Å². The Hall–Kier alpha value is -2.11. The molecule has 0 radical (unpaired) electrons. The Morgan fingerprint density at radius 1 is 1.28 bits per heavy atom. The molecule has 4 nitrogen and oxygen atoms in total. The van der Waals surface area contributed by atoms with Gasteiger partial charge in [-0.3, -0.25) is 4.79 Å². The van der Waals surface area contributed by atoms with Gasteiger partial charge in [0.25, 0.3) is 5.91 Å². The van der Waals surface area contributed by atoms with Crippen LogP contribution in [-0.4, -0.2) is 17.6 Å². The molecule has 1 aromatic heterocycles. The van der Waals surface area contributed by atoms with Gasteiger partial charge in [0, 0.05) is 11.6 Å². The summed E-state index contributed by atoms with van der Waals surface area (Å²) in [5.74, 6) is 0.655. The Kier molecular flexibility index (Phi) is 5.25. The van der Waals surface area contributed by atoms with Crippen LogP contribution in [0.5, 0.6) is 5.75 Å². The summed E-state index contributed by atoms with van der Waals surface area (Å²) < 4.78 is 8.32. The van der Waals surface area contributed by atoms with Gasteiger partial charge in [0.1, 0.15) is 5.75 Å². The average Bonchev–Trinajstić information content (AvgIpc) is 2.90. The average molecular weight is 375 g/mol. The molecular formula is C19H19ClN2O2S. The second-order valence-corrected chi connectivity index (χ2v) is 7.17. The van der Waals surface area contributed by atoms with Gasteiger partial charge in [0.05, 0.1) is 23.7 Å². The van der Waals surface area contributed by atoms with E-state index in [1.165, 1.54) is 11.3 Å². The molecule has 2 aromatic carbocycles. The molecule has 0 spiro atoms. The molecule has 130 valence electrons. The molecule has 0 aliphatic heterocycles. The number of aromatic nitrogens is 1. The quantitative estimate of drug-likeness (QED) is 0.680. The van der Waals surface area contributed by atoms with Gasteiger partial charge >= 0.3 is 0 Å². The number of thiazole rings is 1. The number of halogens is 1. The summed E-state index contributed by atoms with van der Waals surface area (Å²) in [4.78, 5) is 17.5. The highest BCUT2D eigenvalue weighted by atomic mass is 35.5. The maximum absolute atomic E-state index is 12.4. The minimum absolute atomic E-state index is 0.163. The van der Waals surface area contributed by atoms with Gasteiger partial charge in [-0.2, -0.15) is 4.99 Å². The lowest BCUT2D eigenvalue weighted by Gasteiger charge is -2.06. The zero-order chi connectivity index (χ0) is 18.0. The number of fused-ring (bicyclic) bond motifs is 1. The minimum atomic E-state index is -0.163. The van der Waals surface area contributed by atoms with E-state index in [0.29, 0.717) is 9.82 Å². The van der Waals surface area contributed by atoms with Crippen LogP contribution in [0.4, 0.5) is 0 Å². The molecule has 0 saturated heterocycles. The van der Waals surface area contributed by atoms with Crippen molar-refractivity contribution in [3.63, 3.8) is 0 Å². The van der Waals surface area contributed by atoms with E-state index in [4.69, 9.17) is 16.3 Å². The number of aryl methyl sites for hydroxylation is 2. The molecular weight excluding hydrogens is 356 g/mol. The summed E-state index contributed by atoms with van der Waals surface area (Å²) in [7, 11) is 1.64. The van der Waals surface area contributed by atoms with Crippen molar-refractivity contribution in [3.05, 3.63) is 57.3 Å². The number of hydrogen-bond donors (Lipinski definition) is 0. The number of carbonyl (C=O) groups excluding carboxylic acids is 1. The third kappa shape index (κ3) is 3.78. The van der Waals surface area contributed by atoms with Crippen LogP contribution in [0.1, 0.15) is 18.1 Å². The summed E-state index contributed by atoms with van der Waals surface area (Å²) >= 11 is 7.55. The fourth-order valence-corrected chi connectivity index (χ4v) is 4.20. The van der Waals surface area contributed by atoms with Gasteiger partial charge in [-0.15, -0.1) is 0 Å². The molecule has 3 rings (SSSR count). The maximum atomic E-state index is 12.4. The molecule has 1 amide bonds. The number of hydrogen-bond acceptors (Lipinski definition) is 3. The lowest BCUT2D eigenvalue weighted by molar-refractivity contribution is -0.117. The summed E-state index contributed by atoms with van der Waals surface area (Å²) in [5, 5.41) is 0.684. The summed E-state index contributed by atoms with van der Waals surface area (Å²) in [6, 6.07) is 11.5. The molecule has 0 atom stereocenters.